The van der Waals surface area contributed by atoms with E-state index in [0.29, 0.717) is 11.5 Å². The highest BCUT2D eigenvalue weighted by Crippen LogP contribution is 2.38. The third kappa shape index (κ3) is 6.55. The maximum Gasteiger partial charge on any atom is 0.343 e. The van der Waals surface area contributed by atoms with E-state index in [1.807, 2.05) is 12.1 Å². The number of halogens is 1. The number of carbonyl (C=O) groups is 2. The molecule has 1 N–H and O–H groups in total. The summed E-state index contributed by atoms with van der Waals surface area (Å²) in [5.41, 5.74) is 3.94. The highest BCUT2D eigenvalue weighted by molar-refractivity contribution is 6.33. The van der Waals surface area contributed by atoms with Crippen LogP contribution in [0, 0.1) is 5.92 Å². The van der Waals surface area contributed by atoms with E-state index in [9.17, 15) is 9.59 Å². The zero-order chi connectivity index (χ0) is 25.5. The summed E-state index contributed by atoms with van der Waals surface area (Å²) >= 11 is 5.96. The zero-order valence-corrected chi connectivity index (χ0v) is 21.5. The second-order valence-corrected chi connectivity index (χ2v) is 10.2. The highest BCUT2D eigenvalue weighted by Gasteiger charge is 2.22. The monoisotopic (exact) mass is 504 g/mol. The van der Waals surface area contributed by atoms with Gasteiger partial charge in [-0.05, 0) is 78.5 Å². The number of aromatic carboxylic acids is 1. The van der Waals surface area contributed by atoms with E-state index in [1.54, 1.807) is 12.1 Å². The third-order valence-corrected chi connectivity index (χ3v) is 7.59. The molecule has 0 aromatic heterocycles. The number of rotatable bonds is 9. The van der Waals surface area contributed by atoms with Crippen LogP contribution in [0.2, 0.25) is 5.02 Å². The summed E-state index contributed by atoms with van der Waals surface area (Å²) < 4.78 is 5.36. The van der Waals surface area contributed by atoms with Crippen molar-refractivity contribution < 1.29 is 19.4 Å². The summed E-state index contributed by atoms with van der Waals surface area (Å²) in [5.74, 6) is 0.118. The Morgan fingerprint density at radius 2 is 1.53 bits per heavy atom. The van der Waals surface area contributed by atoms with Crippen LogP contribution < -0.4 is 4.74 Å². The normalized spacial score (nSPS) is 17.5. The number of esters is 1. The van der Waals surface area contributed by atoms with Gasteiger partial charge in [0.1, 0.15) is 5.75 Å². The van der Waals surface area contributed by atoms with Crippen LogP contribution in [-0.4, -0.2) is 17.0 Å². The van der Waals surface area contributed by atoms with Crippen molar-refractivity contribution in [2.45, 2.75) is 64.2 Å². The van der Waals surface area contributed by atoms with Crippen LogP contribution in [0.4, 0.5) is 0 Å². The third-order valence-electron chi connectivity index (χ3n) is 7.28. The van der Waals surface area contributed by atoms with Crippen molar-refractivity contribution in [3.05, 3.63) is 88.4 Å². The number of hydrogen-bond acceptors (Lipinski definition) is 3. The fourth-order valence-corrected chi connectivity index (χ4v) is 5.36. The molecule has 5 heteroatoms. The first kappa shape index (κ1) is 26.0. The van der Waals surface area contributed by atoms with E-state index >= 15 is 0 Å². The number of carbonyl (C=O) groups excluding carboxylic acids is 1. The predicted octanol–water partition coefficient (Wildman–Crippen LogP) is 8.78. The molecular weight excluding hydrogens is 472 g/mol. The minimum atomic E-state index is -1.13. The van der Waals surface area contributed by atoms with Crippen LogP contribution in [-0.2, 0) is 0 Å². The molecule has 36 heavy (non-hydrogen) atoms. The Bertz CT molecular complexity index is 1180. The first-order valence-corrected chi connectivity index (χ1v) is 13.3. The Hall–Kier alpha value is -3.11. The molecule has 0 heterocycles. The molecule has 1 saturated carbocycles. The molecule has 0 saturated heterocycles. The molecule has 0 unspecified atom stereocenters. The molecule has 1 aliphatic rings. The molecule has 0 bridgehead atoms. The fourth-order valence-electron chi connectivity index (χ4n) is 5.11. The molecule has 3 aromatic carbocycles. The van der Waals surface area contributed by atoms with Gasteiger partial charge in [0, 0.05) is 6.07 Å². The lowest BCUT2D eigenvalue weighted by molar-refractivity contribution is 0.0696. The number of benzene rings is 3. The SMILES string of the molecule is CCCCC[C@H]1CC[C@H](c2ccc(-c3ccc(C(=O)Oc4ccc(C(=O)O)c(Cl)c4)cc3)cc2)CC1. The second kappa shape index (κ2) is 12.2. The maximum absolute atomic E-state index is 12.5. The molecule has 0 radical (unpaired) electrons. The van der Waals surface area contributed by atoms with Gasteiger partial charge in [-0.25, -0.2) is 9.59 Å². The van der Waals surface area contributed by atoms with Gasteiger partial charge in [-0.1, -0.05) is 80.6 Å². The van der Waals surface area contributed by atoms with E-state index in [-0.39, 0.29) is 16.3 Å². The van der Waals surface area contributed by atoms with Gasteiger partial charge in [-0.15, -0.1) is 0 Å². The van der Waals surface area contributed by atoms with E-state index in [0.717, 1.165) is 17.0 Å². The number of hydrogen-bond donors (Lipinski definition) is 1. The molecule has 1 fully saturated rings. The number of unbranched alkanes of at least 4 members (excludes halogenated alkanes) is 2. The van der Waals surface area contributed by atoms with Gasteiger partial charge < -0.3 is 9.84 Å². The van der Waals surface area contributed by atoms with E-state index < -0.39 is 11.9 Å². The highest BCUT2D eigenvalue weighted by atomic mass is 35.5. The molecule has 0 atom stereocenters. The lowest BCUT2D eigenvalue weighted by Crippen LogP contribution is -2.13. The van der Waals surface area contributed by atoms with Crippen LogP contribution in [0.15, 0.2) is 66.7 Å². The van der Waals surface area contributed by atoms with Crippen molar-refractivity contribution in [3.63, 3.8) is 0 Å². The van der Waals surface area contributed by atoms with Crippen LogP contribution in [0.5, 0.6) is 5.75 Å². The van der Waals surface area contributed by atoms with Gasteiger partial charge in [0.05, 0.1) is 16.1 Å². The molecule has 1 aliphatic carbocycles. The van der Waals surface area contributed by atoms with Crippen LogP contribution in [0.3, 0.4) is 0 Å². The summed E-state index contributed by atoms with van der Waals surface area (Å²) in [6, 6.07) is 20.2. The van der Waals surface area contributed by atoms with E-state index in [2.05, 4.69) is 31.2 Å². The van der Waals surface area contributed by atoms with Crippen molar-refractivity contribution in [3.8, 4) is 16.9 Å². The van der Waals surface area contributed by atoms with E-state index in [4.69, 9.17) is 21.4 Å². The average Bonchev–Trinajstić information content (AvgIpc) is 2.89. The van der Waals surface area contributed by atoms with Crippen molar-refractivity contribution in [2.75, 3.05) is 0 Å². The Labute approximate surface area is 218 Å². The van der Waals surface area contributed by atoms with Crippen molar-refractivity contribution >= 4 is 23.5 Å². The van der Waals surface area contributed by atoms with Gasteiger partial charge in [-0.2, -0.15) is 0 Å². The van der Waals surface area contributed by atoms with Crippen LogP contribution in [0.1, 0.15) is 90.5 Å². The number of ether oxygens (including phenoxy) is 1. The largest absolute Gasteiger partial charge is 0.478 e. The van der Waals surface area contributed by atoms with Gasteiger partial charge in [0.2, 0.25) is 0 Å². The van der Waals surface area contributed by atoms with Crippen LogP contribution >= 0.6 is 11.6 Å². The Morgan fingerprint density at radius 1 is 0.889 bits per heavy atom. The Kier molecular flexibility index (Phi) is 8.82. The van der Waals surface area contributed by atoms with Crippen molar-refractivity contribution in [1.29, 1.82) is 0 Å². The lowest BCUT2D eigenvalue weighted by atomic mass is 9.77. The molecule has 4 rings (SSSR count). The molecule has 0 spiro atoms. The molecule has 0 aliphatic heterocycles. The molecule has 188 valence electrons. The Balaban J connectivity index is 1.33. The van der Waals surface area contributed by atoms with Crippen LogP contribution in [0.25, 0.3) is 11.1 Å². The molecule has 0 amide bonds. The maximum atomic E-state index is 12.5. The average molecular weight is 505 g/mol. The minimum Gasteiger partial charge on any atom is -0.478 e. The summed E-state index contributed by atoms with van der Waals surface area (Å²) in [7, 11) is 0. The van der Waals surface area contributed by atoms with E-state index in [1.165, 1.54) is 75.1 Å². The van der Waals surface area contributed by atoms with Crippen molar-refractivity contribution in [1.82, 2.24) is 0 Å². The molecular formula is C31H33ClO4. The summed E-state index contributed by atoms with van der Waals surface area (Å²) in [4.78, 5) is 23.6. The van der Waals surface area contributed by atoms with Gasteiger partial charge in [-0.3, -0.25) is 0 Å². The van der Waals surface area contributed by atoms with Gasteiger partial charge >= 0.3 is 11.9 Å². The van der Waals surface area contributed by atoms with Gasteiger partial charge in [0.15, 0.2) is 0 Å². The lowest BCUT2D eigenvalue weighted by Gasteiger charge is -2.29. The second-order valence-electron chi connectivity index (χ2n) is 9.75. The minimum absolute atomic E-state index is 0.0200. The summed E-state index contributed by atoms with van der Waals surface area (Å²) in [5, 5.41) is 9.09. The topological polar surface area (TPSA) is 63.6 Å². The smallest absolute Gasteiger partial charge is 0.343 e. The first-order chi connectivity index (χ1) is 17.4. The molecule has 4 nitrogen and oxygen atoms in total. The number of carboxylic acid groups (broad SMARTS) is 1. The Morgan fingerprint density at radius 3 is 2.11 bits per heavy atom. The fraction of sp³-hybridized carbons (Fsp3) is 0.355. The summed E-state index contributed by atoms with van der Waals surface area (Å²) in [6.45, 7) is 2.27. The molecule has 3 aromatic rings. The summed E-state index contributed by atoms with van der Waals surface area (Å²) in [6.07, 6.45) is 10.7. The number of carboxylic acids is 1. The first-order valence-electron chi connectivity index (χ1n) is 12.9. The van der Waals surface area contributed by atoms with Gasteiger partial charge in [0.25, 0.3) is 0 Å². The zero-order valence-electron chi connectivity index (χ0n) is 20.7. The standard InChI is InChI=1S/C31H33ClO4/c1-2-3-4-5-21-6-8-22(9-7-21)23-10-12-24(13-11-23)25-14-16-26(17-15-25)31(35)36-27-18-19-28(30(33)34)29(32)20-27/h10-22H,2-9H2,1H3,(H,33,34)/t21-,22-. The van der Waals surface area contributed by atoms with Crippen molar-refractivity contribution in [2.24, 2.45) is 5.92 Å². The quantitative estimate of drug-likeness (QED) is 0.180. The predicted molar refractivity (Wildman–Crippen MR) is 144 cm³/mol.